The zero-order valence-corrected chi connectivity index (χ0v) is 30.4. The molecule has 0 spiro atoms. The molecule has 260 valence electrons. The second-order valence-corrected chi connectivity index (χ2v) is 18.0. The van der Waals surface area contributed by atoms with Gasteiger partial charge in [0, 0.05) is 37.3 Å². The van der Waals surface area contributed by atoms with Gasteiger partial charge in [0.05, 0.1) is 21.2 Å². The van der Waals surface area contributed by atoms with E-state index in [9.17, 15) is 21.6 Å². The summed E-state index contributed by atoms with van der Waals surface area (Å²) in [5.74, 6) is 0.292. The predicted molar refractivity (Wildman–Crippen MR) is 189 cm³/mol. The average Bonchev–Trinajstić information content (AvgIpc) is 3.05. The van der Waals surface area contributed by atoms with Crippen molar-refractivity contribution in [3.63, 3.8) is 0 Å². The Bertz CT molecular complexity index is 1570. The minimum absolute atomic E-state index is 0.00108. The number of benzene rings is 2. The van der Waals surface area contributed by atoms with Crippen molar-refractivity contribution in [3.05, 3.63) is 58.1 Å². The lowest BCUT2D eigenvalue weighted by Gasteiger charge is -2.35. The van der Waals surface area contributed by atoms with Gasteiger partial charge in [-0.2, -0.15) is 0 Å². The van der Waals surface area contributed by atoms with Gasteiger partial charge >= 0.3 is 0 Å². The van der Waals surface area contributed by atoms with Crippen LogP contribution in [0.1, 0.15) is 69.8 Å². The normalized spacial score (nSPS) is 20.0. The highest BCUT2D eigenvalue weighted by atomic mass is 35.5. The van der Waals surface area contributed by atoms with E-state index in [1.165, 1.54) is 22.5 Å². The Morgan fingerprint density at radius 2 is 1.51 bits per heavy atom. The maximum Gasteiger partial charge on any atom is 0.240 e. The number of hydrogen-bond acceptors (Lipinski definition) is 6. The number of halogens is 2. The highest BCUT2D eigenvalue weighted by Crippen LogP contribution is 2.31. The van der Waals surface area contributed by atoms with Crippen LogP contribution in [0, 0.1) is 11.8 Å². The van der Waals surface area contributed by atoms with Crippen LogP contribution in [-0.2, 0) is 31.3 Å². The standard InChI is InChI=1S/C34H48Cl2N4O5S2/c1-46(42,43)39-22-16-28(17-23-39)34(41)40(30-10-13-32(35)33(36)25-30)19-5-18-38-20-14-27(15-21-38)24-26-8-11-31(12-9-26)47(44,45)37-29-6-3-2-4-7-29/h8-13,25,27-29,37H,2-7,14-24H2,1H3. The third kappa shape index (κ3) is 10.2. The summed E-state index contributed by atoms with van der Waals surface area (Å²) in [7, 11) is -6.76. The molecule has 1 aliphatic carbocycles. The molecule has 0 aromatic heterocycles. The molecular weight excluding hydrogens is 679 g/mol. The summed E-state index contributed by atoms with van der Waals surface area (Å²) in [6.07, 6.45) is 11.2. The fourth-order valence-electron chi connectivity index (χ4n) is 7.19. The Kier molecular flexibility index (Phi) is 12.7. The molecule has 0 unspecified atom stereocenters. The van der Waals surface area contributed by atoms with Gasteiger partial charge in [0.15, 0.2) is 0 Å². The molecule has 2 aromatic carbocycles. The minimum atomic E-state index is -3.49. The molecule has 13 heteroatoms. The SMILES string of the molecule is CS(=O)(=O)N1CCC(C(=O)N(CCCN2CCC(Cc3ccc(S(=O)(=O)NC4CCCCC4)cc3)CC2)c2ccc(Cl)c(Cl)c2)CC1. The minimum Gasteiger partial charge on any atom is -0.312 e. The van der Waals surface area contributed by atoms with Gasteiger partial charge in [0.2, 0.25) is 26.0 Å². The molecule has 0 atom stereocenters. The van der Waals surface area contributed by atoms with Crippen molar-refractivity contribution in [2.24, 2.45) is 11.8 Å². The fraction of sp³-hybridized carbons (Fsp3) is 0.618. The molecule has 2 heterocycles. The summed E-state index contributed by atoms with van der Waals surface area (Å²) in [4.78, 5) is 18.3. The van der Waals surface area contributed by atoms with Gasteiger partial charge in [-0.3, -0.25) is 4.79 Å². The van der Waals surface area contributed by atoms with E-state index in [1.807, 2.05) is 18.2 Å². The maximum absolute atomic E-state index is 13.7. The van der Waals surface area contributed by atoms with Crippen LogP contribution in [0.15, 0.2) is 47.4 Å². The van der Waals surface area contributed by atoms with Gasteiger partial charge in [-0.25, -0.2) is 25.9 Å². The molecule has 5 rings (SSSR count). The van der Waals surface area contributed by atoms with Gasteiger partial charge in [0.25, 0.3) is 0 Å². The number of carbonyl (C=O) groups excluding carboxylic acids is 1. The number of piperidine rings is 2. The Labute approximate surface area is 291 Å². The molecule has 2 aliphatic heterocycles. The number of anilines is 1. The van der Waals surface area contributed by atoms with Gasteiger partial charge in [-0.15, -0.1) is 0 Å². The molecule has 47 heavy (non-hydrogen) atoms. The van der Waals surface area contributed by atoms with E-state index in [1.54, 1.807) is 29.2 Å². The van der Waals surface area contributed by atoms with Crippen molar-refractivity contribution in [3.8, 4) is 0 Å². The van der Waals surface area contributed by atoms with Crippen LogP contribution in [0.25, 0.3) is 0 Å². The number of nitrogens with one attached hydrogen (secondary N) is 1. The molecule has 1 N–H and O–H groups in total. The van der Waals surface area contributed by atoms with Crippen LogP contribution in [-0.4, -0.2) is 83.5 Å². The number of likely N-dealkylation sites (tertiary alicyclic amines) is 1. The molecule has 2 aromatic rings. The van der Waals surface area contributed by atoms with E-state index in [-0.39, 0.29) is 17.9 Å². The number of amides is 1. The number of carbonyl (C=O) groups is 1. The van der Waals surface area contributed by atoms with Crippen LogP contribution in [0.5, 0.6) is 0 Å². The summed E-state index contributed by atoms with van der Waals surface area (Å²) in [5.41, 5.74) is 1.87. The summed E-state index contributed by atoms with van der Waals surface area (Å²) in [5, 5.41) is 0.822. The van der Waals surface area contributed by atoms with Crippen molar-refractivity contribution in [2.75, 3.05) is 50.4 Å². The molecule has 0 radical (unpaired) electrons. The lowest BCUT2D eigenvalue weighted by Crippen LogP contribution is -2.45. The van der Waals surface area contributed by atoms with Crippen LogP contribution in [0.4, 0.5) is 5.69 Å². The first-order valence-electron chi connectivity index (χ1n) is 16.9. The van der Waals surface area contributed by atoms with E-state index >= 15 is 0 Å². The Hall–Kier alpha value is -1.73. The Balaban J connectivity index is 1.10. The zero-order chi connectivity index (χ0) is 33.6. The predicted octanol–water partition coefficient (Wildman–Crippen LogP) is 5.95. The van der Waals surface area contributed by atoms with Crippen LogP contribution < -0.4 is 9.62 Å². The van der Waals surface area contributed by atoms with E-state index in [2.05, 4.69) is 9.62 Å². The van der Waals surface area contributed by atoms with Crippen molar-refractivity contribution >= 4 is 54.8 Å². The topological polar surface area (TPSA) is 107 Å². The zero-order valence-electron chi connectivity index (χ0n) is 27.2. The highest BCUT2D eigenvalue weighted by molar-refractivity contribution is 7.89. The van der Waals surface area contributed by atoms with Crippen molar-refractivity contribution in [2.45, 2.75) is 81.6 Å². The van der Waals surface area contributed by atoms with Gasteiger partial charge < -0.3 is 9.80 Å². The molecule has 1 amide bonds. The highest BCUT2D eigenvalue weighted by Gasteiger charge is 2.32. The first kappa shape index (κ1) is 36.5. The maximum atomic E-state index is 13.7. The second-order valence-electron chi connectivity index (χ2n) is 13.5. The van der Waals surface area contributed by atoms with Crippen molar-refractivity contribution < 1.29 is 21.6 Å². The lowest BCUT2D eigenvalue weighted by molar-refractivity contribution is -0.123. The van der Waals surface area contributed by atoms with Crippen LogP contribution in [0.3, 0.4) is 0 Å². The molecule has 3 aliphatic rings. The monoisotopic (exact) mass is 726 g/mol. The van der Waals surface area contributed by atoms with Crippen molar-refractivity contribution in [1.82, 2.24) is 13.9 Å². The molecule has 2 saturated heterocycles. The summed E-state index contributed by atoms with van der Waals surface area (Å²) in [6, 6.07) is 12.7. The molecule has 1 saturated carbocycles. The van der Waals surface area contributed by atoms with E-state index in [0.717, 1.165) is 71.0 Å². The third-order valence-corrected chi connectivity index (χ3v) is 13.6. The number of hydrogen-bond donors (Lipinski definition) is 1. The number of nitrogens with zero attached hydrogens (tertiary/aromatic N) is 3. The van der Waals surface area contributed by atoms with E-state index in [0.29, 0.717) is 59.0 Å². The quantitative estimate of drug-likeness (QED) is 0.290. The summed E-state index contributed by atoms with van der Waals surface area (Å²) >= 11 is 12.5. The van der Waals surface area contributed by atoms with Gasteiger partial charge in [-0.1, -0.05) is 54.6 Å². The number of rotatable bonds is 12. The van der Waals surface area contributed by atoms with E-state index < -0.39 is 20.0 Å². The number of sulfonamides is 2. The summed E-state index contributed by atoms with van der Waals surface area (Å²) in [6.45, 7) is 4.06. The van der Waals surface area contributed by atoms with Crippen LogP contribution in [0.2, 0.25) is 10.0 Å². The molecule has 0 bridgehead atoms. The average molecular weight is 728 g/mol. The fourth-order valence-corrected chi connectivity index (χ4v) is 9.66. The third-order valence-electron chi connectivity index (χ3n) is 10.0. The Morgan fingerprint density at radius 3 is 2.13 bits per heavy atom. The van der Waals surface area contributed by atoms with Crippen molar-refractivity contribution in [1.29, 1.82) is 0 Å². The second kappa shape index (κ2) is 16.3. The lowest BCUT2D eigenvalue weighted by atomic mass is 9.90. The summed E-state index contributed by atoms with van der Waals surface area (Å²) < 4.78 is 54.0. The first-order valence-corrected chi connectivity index (χ1v) is 21.0. The smallest absolute Gasteiger partial charge is 0.240 e. The molecule has 3 fully saturated rings. The Morgan fingerprint density at radius 1 is 0.851 bits per heavy atom. The largest absolute Gasteiger partial charge is 0.312 e. The molecule has 9 nitrogen and oxygen atoms in total. The van der Waals surface area contributed by atoms with Gasteiger partial charge in [-0.05, 0) is 113 Å². The first-order chi connectivity index (χ1) is 22.4. The molecular formula is C34H48Cl2N4O5S2. The van der Waals surface area contributed by atoms with E-state index in [4.69, 9.17) is 23.2 Å². The van der Waals surface area contributed by atoms with Gasteiger partial charge in [0.1, 0.15) is 0 Å². The van der Waals surface area contributed by atoms with Crippen LogP contribution >= 0.6 is 23.2 Å².